The van der Waals surface area contributed by atoms with Gasteiger partial charge in [-0.2, -0.15) is 0 Å². The molecule has 0 spiro atoms. The van der Waals surface area contributed by atoms with Crippen molar-refractivity contribution in [2.24, 2.45) is 5.73 Å². The van der Waals surface area contributed by atoms with E-state index < -0.39 is 23.9 Å². The summed E-state index contributed by atoms with van der Waals surface area (Å²) < 4.78 is 4.75. The Morgan fingerprint density at radius 2 is 1.95 bits per heavy atom. The van der Waals surface area contributed by atoms with Gasteiger partial charge in [0.2, 0.25) is 0 Å². The van der Waals surface area contributed by atoms with Gasteiger partial charge in [0.05, 0.1) is 0 Å². The van der Waals surface area contributed by atoms with Crippen LogP contribution in [0.15, 0.2) is 18.2 Å². The number of ether oxygens (including phenoxy) is 1. The largest absolute Gasteiger partial charge is 0.480 e. The number of benzene rings is 1. The zero-order valence-corrected chi connectivity index (χ0v) is 10.1. The molecule has 0 saturated carbocycles. The van der Waals surface area contributed by atoms with Gasteiger partial charge in [0.25, 0.3) is 0 Å². The molecular weight excluding hydrogens is 254 g/mol. The molecule has 0 amide bonds. The van der Waals surface area contributed by atoms with E-state index in [-0.39, 0.29) is 17.7 Å². The summed E-state index contributed by atoms with van der Waals surface area (Å²) in [6.07, 6.45) is -0.0179. The highest BCUT2D eigenvalue weighted by molar-refractivity contribution is 5.92. The van der Waals surface area contributed by atoms with E-state index in [1.54, 1.807) is 0 Å². The van der Waals surface area contributed by atoms with E-state index in [1.807, 2.05) is 0 Å². The molecule has 0 aliphatic rings. The first-order valence-corrected chi connectivity index (χ1v) is 5.34. The van der Waals surface area contributed by atoms with Gasteiger partial charge < -0.3 is 20.7 Å². The van der Waals surface area contributed by atoms with Gasteiger partial charge in [0, 0.05) is 6.92 Å². The molecule has 0 aliphatic heterocycles. The van der Waals surface area contributed by atoms with Crippen LogP contribution >= 0.6 is 0 Å². The Kier molecular flexibility index (Phi) is 4.60. The lowest BCUT2D eigenvalue weighted by Crippen LogP contribution is -2.32. The zero-order chi connectivity index (χ0) is 14.6. The number of nitrogens with two attached hydrogens (primary N) is 1. The molecule has 1 aromatic carbocycles. The van der Waals surface area contributed by atoms with E-state index in [9.17, 15) is 14.4 Å². The first kappa shape index (κ1) is 14.7. The molecule has 1 unspecified atom stereocenters. The second-order valence-electron chi connectivity index (χ2n) is 3.88. The normalized spacial score (nSPS) is 11.7. The fourth-order valence-electron chi connectivity index (χ4n) is 1.46. The average molecular weight is 267 g/mol. The molecule has 0 aliphatic carbocycles. The summed E-state index contributed by atoms with van der Waals surface area (Å²) in [6, 6.07) is 2.88. The van der Waals surface area contributed by atoms with Gasteiger partial charge in [-0.25, -0.2) is 4.79 Å². The number of carboxylic acid groups (broad SMARTS) is 2. The summed E-state index contributed by atoms with van der Waals surface area (Å²) in [5.41, 5.74) is 5.58. The molecule has 0 saturated heterocycles. The maximum absolute atomic E-state index is 11.0. The van der Waals surface area contributed by atoms with E-state index in [2.05, 4.69) is 0 Å². The fourth-order valence-corrected chi connectivity index (χ4v) is 1.46. The van der Waals surface area contributed by atoms with Crippen molar-refractivity contribution in [1.82, 2.24) is 0 Å². The van der Waals surface area contributed by atoms with E-state index in [0.29, 0.717) is 5.56 Å². The number of hydrogen-bond acceptors (Lipinski definition) is 5. The molecule has 19 heavy (non-hydrogen) atoms. The van der Waals surface area contributed by atoms with Crippen molar-refractivity contribution in [3.8, 4) is 5.75 Å². The molecule has 4 N–H and O–H groups in total. The second-order valence-corrected chi connectivity index (χ2v) is 3.88. The van der Waals surface area contributed by atoms with Crippen molar-refractivity contribution in [1.29, 1.82) is 0 Å². The summed E-state index contributed by atoms with van der Waals surface area (Å²) in [7, 11) is 0. The van der Waals surface area contributed by atoms with Crippen LogP contribution in [0.5, 0.6) is 5.75 Å². The minimum atomic E-state index is -1.28. The van der Waals surface area contributed by atoms with E-state index in [4.69, 9.17) is 20.7 Å². The maximum Gasteiger partial charge on any atom is 0.339 e. The number of aliphatic carboxylic acids is 1. The summed E-state index contributed by atoms with van der Waals surface area (Å²) in [5, 5.41) is 17.7. The number of rotatable bonds is 5. The van der Waals surface area contributed by atoms with Crippen molar-refractivity contribution in [2.45, 2.75) is 19.4 Å². The van der Waals surface area contributed by atoms with Crippen LogP contribution in [-0.4, -0.2) is 34.2 Å². The predicted octanol–water partition coefficient (Wildman–Crippen LogP) is 0.265. The lowest BCUT2D eigenvalue weighted by atomic mass is 10.0. The molecule has 1 rings (SSSR count). The van der Waals surface area contributed by atoms with Crippen molar-refractivity contribution in [3.05, 3.63) is 29.3 Å². The van der Waals surface area contributed by atoms with Gasteiger partial charge >= 0.3 is 17.9 Å². The molecule has 102 valence electrons. The van der Waals surface area contributed by atoms with Crippen LogP contribution in [0.1, 0.15) is 22.8 Å². The minimum Gasteiger partial charge on any atom is -0.480 e. The summed E-state index contributed by atoms with van der Waals surface area (Å²) >= 11 is 0. The lowest BCUT2D eigenvalue weighted by Gasteiger charge is -2.10. The number of esters is 1. The fraction of sp³-hybridized carbons (Fsp3) is 0.250. The van der Waals surface area contributed by atoms with Crippen LogP contribution in [0, 0.1) is 0 Å². The Hall–Kier alpha value is -2.41. The minimum absolute atomic E-state index is 0.0179. The molecule has 7 heteroatoms. The molecule has 1 atom stereocenters. The monoisotopic (exact) mass is 267 g/mol. The molecule has 0 heterocycles. The number of carbonyl (C=O) groups excluding carboxylic acids is 1. The van der Waals surface area contributed by atoms with Crippen molar-refractivity contribution in [3.63, 3.8) is 0 Å². The highest BCUT2D eigenvalue weighted by Gasteiger charge is 2.17. The highest BCUT2D eigenvalue weighted by atomic mass is 16.5. The number of aromatic carboxylic acids is 1. The van der Waals surface area contributed by atoms with Crippen molar-refractivity contribution < 1.29 is 29.3 Å². The lowest BCUT2D eigenvalue weighted by molar-refractivity contribution is -0.138. The summed E-state index contributed by atoms with van der Waals surface area (Å²) in [4.78, 5) is 32.5. The first-order valence-electron chi connectivity index (χ1n) is 5.34. The van der Waals surface area contributed by atoms with Crippen LogP contribution in [0.4, 0.5) is 0 Å². The molecule has 0 radical (unpaired) electrons. The number of hydrogen-bond donors (Lipinski definition) is 3. The topological polar surface area (TPSA) is 127 Å². The van der Waals surface area contributed by atoms with Gasteiger partial charge in [0.1, 0.15) is 17.4 Å². The zero-order valence-electron chi connectivity index (χ0n) is 10.1. The summed E-state index contributed by atoms with van der Waals surface area (Å²) in [6.45, 7) is 1.15. The van der Waals surface area contributed by atoms with Gasteiger partial charge in [-0.05, 0) is 24.1 Å². The third kappa shape index (κ3) is 4.07. The van der Waals surface area contributed by atoms with Gasteiger partial charge in [-0.1, -0.05) is 6.07 Å². The molecular formula is C12H13NO6. The smallest absolute Gasteiger partial charge is 0.339 e. The van der Waals surface area contributed by atoms with Gasteiger partial charge in [0.15, 0.2) is 0 Å². The van der Waals surface area contributed by atoms with Crippen LogP contribution in [-0.2, 0) is 16.0 Å². The Morgan fingerprint density at radius 3 is 2.42 bits per heavy atom. The van der Waals surface area contributed by atoms with E-state index >= 15 is 0 Å². The van der Waals surface area contributed by atoms with E-state index in [0.717, 1.165) is 6.92 Å². The van der Waals surface area contributed by atoms with Crippen LogP contribution in [0.3, 0.4) is 0 Å². The van der Waals surface area contributed by atoms with Crippen LogP contribution < -0.4 is 10.5 Å². The molecule has 1 aromatic rings. The second kappa shape index (κ2) is 5.96. The maximum atomic E-state index is 11.0. The summed E-state index contributed by atoms with van der Waals surface area (Å²) in [5.74, 6) is -3.19. The van der Waals surface area contributed by atoms with E-state index in [1.165, 1.54) is 18.2 Å². The van der Waals surface area contributed by atoms with Gasteiger partial charge in [-0.3, -0.25) is 9.59 Å². The van der Waals surface area contributed by atoms with Crippen LogP contribution in [0.2, 0.25) is 0 Å². The highest BCUT2D eigenvalue weighted by Crippen LogP contribution is 2.21. The average Bonchev–Trinajstić information content (AvgIpc) is 2.29. The molecule has 0 aromatic heterocycles. The SMILES string of the molecule is CC(=O)Oc1ccc(CC(N)C(=O)O)cc1C(=O)O. The third-order valence-corrected chi connectivity index (χ3v) is 2.30. The first-order chi connectivity index (χ1) is 8.81. The molecule has 7 nitrogen and oxygen atoms in total. The van der Waals surface area contributed by atoms with Gasteiger partial charge in [-0.15, -0.1) is 0 Å². The Bertz CT molecular complexity index is 525. The Morgan fingerprint density at radius 1 is 1.32 bits per heavy atom. The van der Waals surface area contributed by atoms with Crippen LogP contribution in [0.25, 0.3) is 0 Å². The quantitative estimate of drug-likeness (QED) is 0.516. The number of carbonyl (C=O) groups is 3. The predicted molar refractivity (Wildman–Crippen MR) is 64.0 cm³/mol. The molecule has 0 bridgehead atoms. The Labute approximate surface area is 108 Å². The standard InChI is InChI=1S/C12H13NO6/c1-6(14)19-10-3-2-7(4-8(10)11(15)16)5-9(13)12(17)18/h2-4,9H,5,13H2,1H3,(H,15,16)(H,17,18). The number of carboxylic acids is 2. The molecule has 0 fully saturated rings. The van der Waals surface area contributed by atoms with Crippen molar-refractivity contribution in [2.75, 3.05) is 0 Å². The third-order valence-electron chi connectivity index (χ3n) is 2.30. The van der Waals surface area contributed by atoms with Crippen molar-refractivity contribution >= 4 is 17.9 Å². The Balaban J connectivity index is 3.05.